The molecule has 6 nitrogen and oxygen atoms in total. The lowest BCUT2D eigenvalue weighted by molar-refractivity contribution is -0.136. The highest BCUT2D eigenvalue weighted by Crippen LogP contribution is 2.11. The van der Waals surface area contributed by atoms with Crippen LogP contribution in [-0.4, -0.2) is 42.1 Å². The van der Waals surface area contributed by atoms with Gasteiger partial charge >= 0.3 is 5.97 Å². The van der Waals surface area contributed by atoms with Crippen molar-refractivity contribution >= 4 is 16.0 Å². The summed E-state index contributed by atoms with van der Waals surface area (Å²) in [6.07, 6.45) is 0. The first kappa shape index (κ1) is 14.9. The summed E-state index contributed by atoms with van der Waals surface area (Å²) in [5, 5.41) is 15.8. The SMILES string of the molecule is CCN(CC(C)C#N)S(=O)(=O)C(C)C(=O)O. The predicted octanol–water partition coefficient (Wildman–Crippen LogP) is 0.271. The number of hydrogen-bond acceptors (Lipinski definition) is 4. The molecule has 0 fully saturated rings. The van der Waals surface area contributed by atoms with Gasteiger partial charge in [0.2, 0.25) is 10.0 Å². The molecule has 0 aliphatic heterocycles. The van der Waals surface area contributed by atoms with Crippen molar-refractivity contribution in [1.29, 1.82) is 5.26 Å². The van der Waals surface area contributed by atoms with Crippen LogP contribution in [0.3, 0.4) is 0 Å². The van der Waals surface area contributed by atoms with Crippen LogP contribution in [0.4, 0.5) is 0 Å². The van der Waals surface area contributed by atoms with Gasteiger partial charge in [0.05, 0.1) is 12.0 Å². The standard InChI is InChI=1S/C9H16N2O4S/c1-4-11(6-7(2)5-10)16(14,15)8(3)9(12)13/h7-8H,4,6H2,1-3H3,(H,12,13). The van der Waals surface area contributed by atoms with E-state index >= 15 is 0 Å². The summed E-state index contributed by atoms with van der Waals surface area (Å²) in [5.74, 6) is -1.85. The lowest BCUT2D eigenvalue weighted by Crippen LogP contribution is -2.42. The number of nitriles is 1. The maximum atomic E-state index is 11.8. The van der Waals surface area contributed by atoms with Crippen molar-refractivity contribution in [2.24, 2.45) is 5.92 Å². The molecule has 0 spiro atoms. The van der Waals surface area contributed by atoms with Gasteiger partial charge in [-0.25, -0.2) is 12.7 Å². The Kier molecular flexibility index (Phi) is 5.41. The van der Waals surface area contributed by atoms with Crippen LogP contribution >= 0.6 is 0 Å². The molecule has 0 bridgehead atoms. The predicted molar refractivity (Wildman–Crippen MR) is 58.0 cm³/mol. The fraction of sp³-hybridized carbons (Fsp3) is 0.778. The van der Waals surface area contributed by atoms with E-state index in [1.165, 1.54) is 0 Å². The average molecular weight is 248 g/mol. The molecule has 0 aromatic carbocycles. The number of aliphatic carboxylic acids is 1. The molecular formula is C9H16N2O4S. The van der Waals surface area contributed by atoms with Gasteiger partial charge in [-0.3, -0.25) is 4.79 Å². The summed E-state index contributed by atoms with van der Waals surface area (Å²) < 4.78 is 24.6. The van der Waals surface area contributed by atoms with Gasteiger partial charge in [0, 0.05) is 13.1 Å². The molecule has 2 atom stereocenters. The average Bonchev–Trinajstić information content (AvgIpc) is 2.23. The van der Waals surface area contributed by atoms with E-state index < -0.39 is 27.2 Å². The minimum atomic E-state index is -3.87. The zero-order valence-corrected chi connectivity index (χ0v) is 10.4. The summed E-state index contributed by atoms with van der Waals surface area (Å²) in [5.41, 5.74) is 0. The van der Waals surface area contributed by atoms with Crippen molar-refractivity contribution in [1.82, 2.24) is 4.31 Å². The molecule has 1 N–H and O–H groups in total. The number of rotatable bonds is 6. The zero-order chi connectivity index (χ0) is 12.9. The summed E-state index contributed by atoms with van der Waals surface area (Å²) in [4.78, 5) is 10.7. The van der Waals surface area contributed by atoms with Gasteiger partial charge in [-0.15, -0.1) is 0 Å². The first-order chi connectivity index (χ1) is 7.27. The molecule has 0 heterocycles. The molecule has 0 aliphatic carbocycles. The Bertz CT molecular complexity index is 385. The summed E-state index contributed by atoms with van der Waals surface area (Å²) in [7, 11) is -3.87. The second-order valence-electron chi connectivity index (χ2n) is 3.51. The molecule has 0 amide bonds. The van der Waals surface area contributed by atoms with Crippen molar-refractivity contribution < 1.29 is 18.3 Å². The Morgan fingerprint density at radius 1 is 1.50 bits per heavy atom. The van der Waals surface area contributed by atoms with E-state index in [0.29, 0.717) is 0 Å². The molecule has 16 heavy (non-hydrogen) atoms. The van der Waals surface area contributed by atoms with Crippen molar-refractivity contribution in [3.63, 3.8) is 0 Å². The van der Waals surface area contributed by atoms with Gasteiger partial charge in [-0.05, 0) is 13.8 Å². The first-order valence-electron chi connectivity index (χ1n) is 4.88. The topological polar surface area (TPSA) is 98.5 Å². The highest BCUT2D eigenvalue weighted by atomic mass is 32.2. The molecule has 92 valence electrons. The molecule has 0 saturated carbocycles. The molecule has 0 aliphatic rings. The molecule has 0 radical (unpaired) electrons. The summed E-state index contributed by atoms with van der Waals surface area (Å²) in [6.45, 7) is 4.50. The molecule has 7 heteroatoms. The second kappa shape index (κ2) is 5.82. The highest BCUT2D eigenvalue weighted by molar-refractivity contribution is 7.90. The smallest absolute Gasteiger partial charge is 0.323 e. The normalized spacial score (nSPS) is 15.4. The Morgan fingerprint density at radius 2 is 2.00 bits per heavy atom. The van der Waals surface area contributed by atoms with Crippen molar-refractivity contribution in [3.05, 3.63) is 0 Å². The minimum absolute atomic E-state index is 0.0208. The van der Waals surface area contributed by atoms with Gasteiger partial charge < -0.3 is 5.11 Å². The fourth-order valence-corrected chi connectivity index (χ4v) is 2.60. The largest absolute Gasteiger partial charge is 0.480 e. The summed E-state index contributed by atoms with van der Waals surface area (Å²) >= 11 is 0. The third-order valence-corrected chi connectivity index (χ3v) is 4.43. The van der Waals surface area contributed by atoms with E-state index in [0.717, 1.165) is 11.2 Å². The van der Waals surface area contributed by atoms with Crippen LogP contribution in [0.15, 0.2) is 0 Å². The number of carboxylic acid groups (broad SMARTS) is 1. The van der Waals surface area contributed by atoms with Gasteiger partial charge in [-0.1, -0.05) is 6.92 Å². The zero-order valence-electron chi connectivity index (χ0n) is 9.54. The van der Waals surface area contributed by atoms with Gasteiger partial charge in [0.1, 0.15) is 0 Å². The lowest BCUT2D eigenvalue weighted by Gasteiger charge is -2.23. The van der Waals surface area contributed by atoms with Crippen LogP contribution in [0.5, 0.6) is 0 Å². The Hall–Kier alpha value is -1.13. The van der Waals surface area contributed by atoms with Gasteiger partial charge in [-0.2, -0.15) is 5.26 Å². The minimum Gasteiger partial charge on any atom is -0.480 e. The Balaban J connectivity index is 4.97. The van der Waals surface area contributed by atoms with E-state index in [9.17, 15) is 13.2 Å². The van der Waals surface area contributed by atoms with Crippen LogP contribution in [-0.2, 0) is 14.8 Å². The monoisotopic (exact) mass is 248 g/mol. The number of sulfonamides is 1. The third-order valence-electron chi connectivity index (χ3n) is 2.21. The molecule has 0 aromatic heterocycles. The molecule has 2 unspecified atom stereocenters. The first-order valence-corrected chi connectivity index (χ1v) is 6.39. The lowest BCUT2D eigenvalue weighted by atomic mass is 10.2. The van der Waals surface area contributed by atoms with Crippen molar-refractivity contribution in [3.8, 4) is 6.07 Å². The van der Waals surface area contributed by atoms with Crippen LogP contribution in [0.2, 0.25) is 0 Å². The third kappa shape index (κ3) is 3.47. The van der Waals surface area contributed by atoms with E-state index in [1.54, 1.807) is 13.8 Å². The van der Waals surface area contributed by atoms with Crippen LogP contribution in [0, 0.1) is 17.2 Å². The van der Waals surface area contributed by atoms with Crippen LogP contribution in [0.25, 0.3) is 0 Å². The fourth-order valence-electron chi connectivity index (χ4n) is 1.11. The van der Waals surface area contributed by atoms with Gasteiger partial charge in [0.15, 0.2) is 5.25 Å². The Labute approximate surface area is 95.5 Å². The highest BCUT2D eigenvalue weighted by Gasteiger charge is 2.33. The van der Waals surface area contributed by atoms with E-state index in [4.69, 9.17) is 10.4 Å². The molecule has 0 saturated heterocycles. The van der Waals surface area contributed by atoms with E-state index in [1.807, 2.05) is 6.07 Å². The quantitative estimate of drug-likeness (QED) is 0.727. The number of carboxylic acids is 1. The van der Waals surface area contributed by atoms with Crippen molar-refractivity contribution in [2.75, 3.05) is 13.1 Å². The van der Waals surface area contributed by atoms with Crippen molar-refractivity contribution in [2.45, 2.75) is 26.0 Å². The molecule has 0 rings (SSSR count). The maximum absolute atomic E-state index is 11.8. The van der Waals surface area contributed by atoms with E-state index in [2.05, 4.69) is 0 Å². The maximum Gasteiger partial charge on any atom is 0.323 e. The molecular weight excluding hydrogens is 232 g/mol. The Morgan fingerprint density at radius 3 is 2.31 bits per heavy atom. The number of hydrogen-bond donors (Lipinski definition) is 1. The number of nitrogens with zero attached hydrogens (tertiary/aromatic N) is 2. The van der Waals surface area contributed by atoms with Gasteiger partial charge in [0.25, 0.3) is 0 Å². The van der Waals surface area contributed by atoms with E-state index in [-0.39, 0.29) is 13.1 Å². The summed E-state index contributed by atoms with van der Waals surface area (Å²) in [6, 6.07) is 1.92. The number of carbonyl (C=O) groups is 1. The van der Waals surface area contributed by atoms with Crippen LogP contribution in [0.1, 0.15) is 20.8 Å². The molecule has 0 aromatic rings. The van der Waals surface area contributed by atoms with Crippen LogP contribution < -0.4 is 0 Å². The second-order valence-corrected chi connectivity index (χ2v) is 5.76.